The number of aromatic nitrogens is 1. The summed E-state index contributed by atoms with van der Waals surface area (Å²) in [6.45, 7) is 0.339. The monoisotopic (exact) mass is 525 g/mol. The van der Waals surface area contributed by atoms with Gasteiger partial charge in [-0.05, 0) is 57.9 Å². The minimum atomic E-state index is -0.213. The topological polar surface area (TPSA) is 72.5 Å². The maximum atomic E-state index is 12.6. The van der Waals surface area contributed by atoms with Crippen LogP contribution in [0.4, 0.5) is 10.8 Å². The first-order valence-corrected chi connectivity index (χ1v) is 10.6. The van der Waals surface area contributed by atoms with E-state index in [1.54, 1.807) is 20.3 Å². The van der Waals surface area contributed by atoms with Gasteiger partial charge in [-0.2, -0.15) is 0 Å². The van der Waals surface area contributed by atoms with Crippen molar-refractivity contribution in [1.82, 2.24) is 10.3 Å². The molecule has 0 radical (unpaired) electrons. The van der Waals surface area contributed by atoms with Gasteiger partial charge in [0.2, 0.25) is 0 Å². The molecule has 2 N–H and O–H groups in total. The predicted molar refractivity (Wildman–Crippen MR) is 118 cm³/mol. The number of rotatable bonds is 7. The van der Waals surface area contributed by atoms with Crippen molar-refractivity contribution in [2.24, 2.45) is 0 Å². The molecule has 0 aliphatic rings. The van der Waals surface area contributed by atoms with Crippen LogP contribution in [0.15, 0.2) is 51.5 Å². The zero-order chi connectivity index (χ0) is 20.1. The van der Waals surface area contributed by atoms with Crippen LogP contribution in [0, 0.1) is 0 Å². The number of benzene rings is 2. The van der Waals surface area contributed by atoms with E-state index in [1.807, 2.05) is 36.4 Å². The van der Waals surface area contributed by atoms with Gasteiger partial charge in [0.1, 0.15) is 21.0 Å². The maximum absolute atomic E-state index is 12.6. The van der Waals surface area contributed by atoms with Crippen LogP contribution < -0.4 is 20.1 Å². The largest absolute Gasteiger partial charge is 0.497 e. The summed E-state index contributed by atoms with van der Waals surface area (Å²) in [5, 5.41) is 6.72. The van der Waals surface area contributed by atoms with E-state index in [1.165, 1.54) is 11.3 Å². The van der Waals surface area contributed by atoms with Crippen LogP contribution in [-0.4, -0.2) is 25.1 Å². The molecular weight excluding hydrogens is 510 g/mol. The molecule has 0 fully saturated rings. The summed E-state index contributed by atoms with van der Waals surface area (Å²) in [4.78, 5) is 17.5. The molecular formula is C19H17Br2N3O3S. The van der Waals surface area contributed by atoms with Gasteiger partial charge in [-0.25, -0.2) is 4.98 Å². The third-order valence-corrected chi connectivity index (χ3v) is 6.09. The van der Waals surface area contributed by atoms with E-state index in [9.17, 15) is 4.79 Å². The number of nitrogens with zero attached hydrogens (tertiary/aromatic N) is 1. The fourth-order valence-electron chi connectivity index (χ4n) is 2.38. The lowest BCUT2D eigenvalue weighted by molar-refractivity contribution is 0.0954. The maximum Gasteiger partial charge on any atom is 0.264 e. The smallest absolute Gasteiger partial charge is 0.264 e. The number of halogens is 2. The van der Waals surface area contributed by atoms with Crippen molar-refractivity contribution in [2.75, 3.05) is 19.5 Å². The van der Waals surface area contributed by atoms with Crippen molar-refractivity contribution in [1.29, 1.82) is 0 Å². The first-order chi connectivity index (χ1) is 13.5. The Balaban J connectivity index is 1.68. The molecule has 3 aromatic rings. The lowest BCUT2D eigenvalue weighted by Crippen LogP contribution is -2.22. The van der Waals surface area contributed by atoms with Crippen LogP contribution in [-0.2, 0) is 6.54 Å². The highest BCUT2D eigenvalue weighted by Gasteiger charge is 2.17. The first kappa shape index (κ1) is 20.6. The average molecular weight is 527 g/mol. The van der Waals surface area contributed by atoms with Crippen molar-refractivity contribution in [2.45, 2.75) is 6.54 Å². The highest BCUT2D eigenvalue weighted by Crippen LogP contribution is 2.30. The van der Waals surface area contributed by atoms with Gasteiger partial charge in [0.25, 0.3) is 5.91 Å². The molecule has 0 aliphatic heterocycles. The second-order valence-electron chi connectivity index (χ2n) is 5.67. The van der Waals surface area contributed by atoms with E-state index in [4.69, 9.17) is 9.47 Å². The third-order valence-electron chi connectivity index (χ3n) is 3.75. The Morgan fingerprint density at radius 1 is 1.07 bits per heavy atom. The van der Waals surface area contributed by atoms with Crippen LogP contribution in [0.1, 0.15) is 15.2 Å². The number of thiazole rings is 1. The van der Waals surface area contributed by atoms with Gasteiger partial charge in [0.05, 0.1) is 14.2 Å². The third kappa shape index (κ3) is 5.24. The molecule has 0 bridgehead atoms. The first-order valence-electron chi connectivity index (χ1n) is 8.17. The summed E-state index contributed by atoms with van der Waals surface area (Å²) in [6.07, 6.45) is 0. The number of ether oxygens (including phenoxy) is 2. The van der Waals surface area contributed by atoms with Gasteiger partial charge in [0, 0.05) is 22.8 Å². The molecule has 1 heterocycles. The highest BCUT2D eigenvalue weighted by molar-refractivity contribution is 9.10. The van der Waals surface area contributed by atoms with E-state index >= 15 is 0 Å². The van der Waals surface area contributed by atoms with Crippen LogP contribution in [0.3, 0.4) is 0 Å². The van der Waals surface area contributed by atoms with Crippen LogP contribution in [0.25, 0.3) is 0 Å². The number of carbonyl (C=O) groups is 1. The molecule has 146 valence electrons. The molecule has 0 aliphatic carbocycles. The lowest BCUT2D eigenvalue weighted by Gasteiger charge is -2.09. The summed E-state index contributed by atoms with van der Waals surface area (Å²) >= 11 is 8.04. The Kier molecular flexibility index (Phi) is 6.93. The van der Waals surface area contributed by atoms with Crippen molar-refractivity contribution in [3.05, 3.63) is 62.0 Å². The van der Waals surface area contributed by atoms with Crippen molar-refractivity contribution >= 4 is 59.9 Å². The quantitative estimate of drug-likeness (QED) is 0.433. The molecule has 1 amide bonds. The standard InChI is InChI=1S/C19H17Br2N3O3S/c1-26-14-7-11(8-15(9-14)27-2)10-22-18(25)16-17(21)24-19(28-16)23-13-5-3-12(20)4-6-13/h3-9H,10H2,1-2H3,(H,22,25)(H,23,24). The van der Waals surface area contributed by atoms with Gasteiger partial charge in [-0.3, -0.25) is 4.79 Å². The van der Waals surface area contributed by atoms with Gasteiger partial charge in [-0.15, -0.1) is 0 Å². The Labute approximate surface area is 183 Å². The Morgan fingerprint density at radius 2 is 1.71 bits per heavy atom. The zero-order valence-corrected chi connectivity index (χ0v) is 19.1. The second-order valence-corrected chi connectivity index (χ2v) is 8.34. The number of nitrogens with one attached hydrogen (secondary N) is 2. The summed E-state index contributed by atoms with van der Waals surface area (Å²) in [6, 6.07) is 13.2. The van der Waals surface area contributed by atoms with Gasteiger partial charge in [0.15, 0.2) is 5.13 Å². The molecule has 3 rings (SSSR count). The molecule has 0 spiro atoms. The van der Waals surface area contributed by atoms with Crippen LogP contribution >= 0.6 is 43.2 Å². The average Bonchev–Trinajstić information content (AvgIpc) is 3.07. The van der Waals surface area contributed by atoms with Crippen molar-refractivity contribution in [3.8, 4) is 11.5 Å². The van der Waals surface area contributed by atoms with E-state index < -0.39 is 0 Å². The fraction of sp³-hybridized carbons (Fsp3) is 0.158. The fourth-order valence-corrected chi connectivity index (χ4v) is 4.16. The molecule has 0 saturated carbocycles. The Morgan fingerprint density at radius 3 is 2.32 bits per heavy atom. The number of anilines is 2. The van der Waals surface area contributed by atoms with Gasteiger partial charge < -0.3 is 20.1 Å². The van der Waals surface area contributed by atoms with Gasteiger partial charge >= 0.3 is 0 Å². The summed E-state index contributed by atoms with van der Waals surface area (Å²) in [7, 11) is 3.18. The predicted octanol–water partition coefficient (Wildman–Crippen LogP) is 5.36. The van der Waals surface area contributed by atoms with E-state index in [2.05, 4.69) is 47.5 Å². The van der Waals surface area contributed by atoms with E-state index in [-0.39, 0.29) is 5.91 Å². The lowest BCUT2D eigenvalue weighted by atomic mass is 10.2. The van der Waals surface area contributed by atoms with Crippen LogP contribution in [0.2, 0.25) is 0 Å². The van der Waals surface area contributed by atoms with Crippen LogP contribution in [0.5, 0.6) is 11.5 Å². The summed E-state index contributed by atoms with van der Waals surface area (Å²) in [5.74, 6) is 1.13. The molecule has 1 aromatic heterocycles. The molecule has 0 saturated heterocycles. The number of hydrogen-bond acceptors (Lipinski definition) is 6. The molecule has 9 heteroatoms. The normalized spacial score (nSPS) is 10.4. The van der Waals surface area contributed by atoms with E-state index in [0.29, 0.717) is 32.7 Å². The molecule has 6 nitrogen and oxygen atoms in total. The number of hydrogen-bond donors (Lipinski definition) is 2. The molecule has 28 heavy (non-hydrogen) atoms. The summed E-state index contributed by atoms with van der Waals surface area (Å²) in [5.41, 5.74) is 1.76. The molecule has 2 aromatic carbocycles. The van der Waals surface area contributed by atoms with Crippen molar-refractivity contribution < 1.29 is 14.3 Å². The summed E-state index contributed by atoms with van der Waals surface area (Å²) < 4.78 is 12.0. The molecule has 0 atom stereocenters. The molecule has 0 unspecified atom stereocenters. The number of methoxy groups -OCH3 is 2. The minimum absolute atomic E-state index is 0.213. The second kappa shape index (κ2) is 9.40. The highest BCUT2D eigenvalue weighted by atomic mass is 79.9. The zero-order valence-electron chi connectivity index (χ0n) is 15.1. The Hall–Kier alpha value is -2.10. The van der Waals surface area contributed by atoms with Crippen molar-refractivity contribution in [3.63, 3.8) is 0 Å². The van der Waals surface area contributed by atoms with E-state index in [0.717, 1.165) is 15.7 Å². The number of amides is 1. The van der Waals surface area contributed by atoms with Gasteiger partial charge in [-0.1, -0.05) is 27.3 Å². The minimum Gasteiger partial charge on any atom is -0.497 e. The Bertz CT molecular complexity index is 955. The number of carbonyl (C=O) groups excluding carboxylic acids is 1. The SMILES string of the molecule is COc1cc(CNC(=O)c2sc(Nc3ccc(Br)cc3)nc2Br)cc(OC)c1.